The molecule has 3 heterocycles. The maximum atomic E-state index is 15.1. The predicted octanol–water partition coefficient (Wildman–Crippen LogP) is 3.87. The Morgan fingerprint density at radius 2 is 1.94 bits per heavy atom. The number of carbonyl (C=O) groups excluding carboxylic acids is 1. The molecular weight excluding hydrogens is 433 g/mol. The van der Waals surface area contributed by atoms with Crippen LogP contribution in [0.4, 0.5) is 23.7 Å². The monoisotopic (exact) mass is 454 g/mol. The first kappa shape index (κ1) is 21.1. The van der Waals surface area contributed by atoms with Gasteiger partial charge in [-0.05, 0) is 37.1 Å². The number of fused-ring (bicyclic) bond motifs is 1. The lowest BCUT2D eigenvalue weighted by molar-refractivity contribution is -0.0465. The summed E-state index contributed by atoms with van der Waals surface area (Å²) in [5, 5.41) is 13.5. The molecule has 1 saturated carbocycles. The molecule has 2 amide bonds. The normalized spacial score (nSPS) is 19.8. The fraction of sp³-hybridized carbons (Fsp3) is 0.348. The number of rotatable bonds is 4. The number of benzene rings is 1. The minimum absolute atomic E-state index is 0.0247. The first-order chi connectivity index (χ1) is 15.6. The Hall–Kier alpha value is -3.74. The number of nitrogens with one attached hydrogen (secondary N) is 2. The summed E-state index contributed by atoms with van der Waals surface area (Å²) in [5.74, 6) is 1.27. The third-order valence-electron chi connectivity index (χ3n) is 5.79. The minimum Gasteiger partial charge on any atom is -0.312 e. The van der Waals surface area contributed by atoms with E-state index in [0.717, 1.165) is 18.9 Å². The average molecular weight is 454 g/mol. The number of aromatic nitrogens is 4. The van der Waals surface area contributed by atoms with Crippen molar-refractivity contribution < 1.29 is 18.0 Å². The number of aryl methyl sites for hydroxylation is 1. The number of amides is 2. The zero-order valence-corrected chi connectivity index (χ0v) is 18.0. The Bertz CT molecular complexity index is 1310. The van der Waals surface area contributed by atoms with E-state index >= 15 is 4.39 Å². The molecule has 3 aromatic rings. The topological polar surface area (TPSA) is 76.8 Å². The molecule has 1 aromatic carbocycles. The largest absolute Gasteiger partial charge is 0.320 e. The molecule has 0 bridgehead atoms. The van der Waals surface area contributed by atoms with Gasteiger partial charge in [-0.3, -0.25) is 9.36 Å². The summed E-state index contributed by atoms with van der Waals surface area (Å²) in [6.45, 7) is 0.719. The first-order valence-electron chi connectivity index (χ1n) is 10.5. The molecule has 1 atom stereocenters. The van der Waals surface area contributed by atoms with Crippen LogP contribution in [-0.2, 0) is 19.1 Å². The molecule has 1 aliphatic carbocycles. The van der Waals surface area contributed by atoms with Crippen LogP contribution in [0.5, 0.6) is 0 Å². The molecular formula is C23H21F3N6O. The predicted molar refractivity (Wildman–Crippen MR) is 115 cm³/mol. The van der Waals surface area contributed by atoms with Gasteiger partial charge in [0.25, 0.3) is 5.92 Å². The van der Waals surface area contributed by atoms with Crippen molar-refractivity contribution in [3.63, 3.8) is 0 Å². The SMILES string of the molecule is Cn1ccc(-c2ccn(Cc3cc4c(cc3F)[C@@](C#CC3CC3)(C(C)(F)F)NC(=O)N4)n2)n1. The Balaban J connectivity index is 1.52. The van der Waals surface area contributed by atoms with Gasteiger partial charge < -0.3 is 10.6 Å². The van der Waals surface area contributed by atoms with Gasteiger partial charge in [-0.15, -0.1) is 0 Å². The molecule has 5 rings (SSSR count). The summed E-state index contributed by atoms with van der Waals surface area (Å²) in [4.78, 5) is 12.3. The molecule has 1 aliphatic heterocycles. The Morgan fingerprint density at radius 1 is 1.21 bits per heavy atom. The maximum absolute atomic E-state index is 15.1. The molecule has 7 nitrogen and oxygen atoms in total. The van der Waals surface area contributed by atoms with E-state index in [4.69, 9.17) is 0 Å². The fourth-order valence-corrected chi connectivity index (χ4v) is 3.85. The molecule has 10 heteroatoms. The van der Waals surface area contributed by atoms with Crippen molar-refractivity contribution in [3.05, 3.63) is 53.6 Å². The molecule has 2 N–H and O–H groups in total. The molecule has 0 radical (unpaired) electrons. The molecule has 0 unspecified atom stereocenters. The van der Waals surface area contributed by atoms with Gasteiger partial charge in [0.2, 0.25) is 0 Å². The zero-order chi connectivity index (χ0) is 23.4. The van der Waals surface area contributed by atoms with Crippen molar-refractivity contribution in [1.29, 1.82) is 0 Å². The fourth-order valence-electron chi connectivity index (χ4n) is 3.85. The highest BCUT2D eigenvalue weighted by Crippen LogP contribution is 2.44. The van der Waals surface area contributed by atoms with Gasteiger partial charge in [0.15, 0.2) is 5.54 Å². The zero-order valence-electron chi connectivity index (χ0n) is 18.0. The van der Waals surface area contributed by atoms with E-state index in [0.29, 0.717) is 18.3 Å². The number of halogens is 3. The van der Waals surface area contributed by atoms with Gasteiger partial charge in [-0.25, -0.2) is 18.0 Å². The molecule has 0 saturated heterocycles. The van der Waals surface area contributed by atoms with Crippen LogP contribution in [-0.4, -0.2) is 31.5 Å². The highest BCUT2D eigenvalue weighted by molar-refractivity contribution is 5.95. The van der Waals surface area contributed by atoms with Crippen LogP contribution >= 0.6 is 0 Å². The first-order valence-corrected chi connectivity index (χ1v) is 10.5. The van der Waals surface area contributed by atoms with Crippen LogP contribution in [0.2, 0.25) is 0 Å². The number of hydrogen-bond acceptors (Lipinski definition) is 3. The molecule has 2 aromatic heterocycles. The Kier molecular flexibility index (Phi) is 4.74. The molecule has 0 spiro atoms. The number of hydrogen-bond donors (Lipinski definition) is 2. The summed E-state index contributed by atoms with van der Waals surface area (Å²) in [7, 11) is 1.79. The van der Waals surface area contributed by atoms with Gasteiger partial charge in [-0.1, -0.05) is 11.8 Å². The summed E-state index contributed by atoms with van der Waals surface area (Å²) >= 11 is 0. The van der Waals surface area contributed by atoms with Gasteiger partial charge in [0.05, 0.1) is 6.54 Å². The molecule has 2 aliphatic rings. The Morgan fingerprint density at radius 3 is 2.61 bits per heavy atom. The third kappa shape index (κ3) is 3.84. The molecule has 33 heavy (non-hydrogen) atoms. The van der Waals surface area contributed by atoms with Crippen molar-refractivity contribution in [2.24, 2.45) is 13.0 Å². The van der Waals surface area contributed by atoms with E-state index in [9.17, 15) is 13.6 Å². The van der Waals surface area contributed by atoms with Crippen molar-refractivity contribution in [2.75, 3.05) is 5.32 Å². The minimum atomic E-state index is -3.45. The van der Waals surface area contributed by atoms with E-state index in [2.05, 4.69) is 32.7 Å². The van der Waals surface area contributed by atoms with Crippen molar-refractivity contribution >= 4 is 11.7 Å². The summed E-state index contributed by atoms with van der Waals surface area (Å²) in [5.41, 5.74) is -0.839. The van der Waals surface area contributed by atoms with Crippen LogP contribution in [0.15, 0.2) is 36.7 Å². The van der Waals surface area contributed by atoms with Crippen LogP contribution in [0.1, 0.15) is 30.9 Å². The van der Waals surface area contributed by atoms with Crippen LogP contribution < -0.4 is 10.6 Å². The smallest absolute Gasteiger partial charge is 0.312 e. The number of alkyl halides is 2. The highest BCUT2D eigenvalue weighted by atomic mass is 19.3. The second kappa shape index (κ2) is 7.40. The standard InChI is InChI=1S/C23H21F3N6O/c1-22(25,26)23(8-5-14-3-4-14)16-12-17(24)15(11-20(16)27-21(33)28-23)13-32-10-7-19(30-32)18-6-9-31(2)29-18/h6-7,9-12,14H,3-4,13H2,1-2H3,(H2,27,28,33)/t23-/m0/s1. The van der Waals surface area contributed by atoms with Crippen molar-refractivity contribution in [1.82, 2.24) is 24.9 Å². The molecule has 170 valence electrons. The Labute approximate surface area is 188 Å². The van der Waals surface area contributed by atoms with Crippen molar-refractivity contribution in [2.45, 2.75) is 37.8 Å². The highest BCUT2D eigenvalue weighted by Gasteiger charge is 2.55. The van der Waals surface area contributed by atoms with E-state index in [1.54, 1.807) is 30.2 Å². The van der Waals surface area contributed by atoms with Crippen LogP contribution in [0, 0.1) is 23.6 Å². The third-order valence-corrected chi connectivity index (χ3v) is 5.79. The lowest BCUT2D eigenvalue weighted by atomic mass is 9.81. The second-order valence-corrected chi connectivity index (χ2v) is 8.52. The van der Waals surface area contributed by atoms with Gasteiger partial charge in [0, 0.05) is 49.1 Å². The summed E-state index contributed by atoms with van der Waals surface area (Å²) < 4.78 is 48.0. The lowest BCUT2D eigenvalue weighted by Gasteiger charge is -2.40. The van der Waals surface area contributed by atoms with Gasteiger partial charge >= 0.3 is 6.03 Å². The number of anilines is 1. The number of carbonyl (C=O) groups is 1. The lowest BCUT2D eigenvalue weighted by Crippen LogP contribution is -2.59. The second-order valence-electron chi connectivity index (χ2n) is 8.52. The average Bonchev–Trinajstić information content (AvgIpc) is 3.28. The van der Waals surface area contributed by atoms with E-state index in [1.807, 2.05) is 6.07 Å². The van der Waals surface area contributed by atoms with Gasteiger partial charge in [-0.2, -0.15) is 10.2 Å². The van der Waals surface area contributed by atoms with E-state index in [-0.39, 0.29) is 29.3 Å². The molecule has 1 fully saturated rings. The summed E-state index contributed by atoms with van der Waals surface area (Å²) in [6, 6.07) is 5.13. The summed E-state index contributed by atoms with van der Waals surface area (Å²) in [6.07, 6.45) is 5.12. The van der Waals surface area contributed by atoms with E-state index in [1.165, 1.54) is 10.7 Å². The number of urea groups is 1. The van der Waals surface area contributed by atoms with Crippen molar-refractivity contribution in [3.8, 4) is 23.2 Å². The van der Waals surface area contributed by atoms with E-state index < -0.39 is 23.3 Å². The van der Waals surface area contributed by atoms with Crippen LogP contribution in [0.3, 0.4) is 0 Å². The van der Waals surface area contributed by atoms with Crippen LogP contribution in [0.25, 0.3) is 11.4 Å². The number of nitrogens with zero attached hydrogens (tertiary/aromatic N) is 4. The quantitative estimate of drug-likeness (QED) is 0.588. The maximum Gasteiger partial charge on any atom is 0.320 e. The van der Waals surface area contributed by atoms with Gasteiger partial charge in [0.1, 0.15) is 17.2 Å².